The fourth-order valence-electron chi connectivity index (χ4n) is 3.21. The lowest BCUT2D eigenvalue weighted by atomic mass is 9.99. The third kappa shape index (κ3) is 6.11. The Balaban J connectivity index is 1.66. The lowest BCUT2D eigenvalue weighted by Crippen LogP contribution is -2.33. The van der Waals surface area contributed by atoms with Crippen LogP contribution in [0.15, 0.2) is 78.9 Å². The molecule has 0 fully saturated rings. The van der Waals surface area contributed by atoms with Crippen LogP contribution in [0.2, 0.25) is 0 Å². The molecule has 0 saturated heterocycles. The number of carbonyl (C=O) groups is 2. The summed E-state index contributed by atoms with van der Waals surface area (Å²) in [4.78, 5) is 25.1. The maximum Gasteiger partial charge on any atom is 0.338 e. The zero-order chi connectivity index (χ0) is 22.9. The summed E-state index contributed by atoms with van der Waals surface area (Å²) in [6.45, 7) is 3.40. The number of benzene rings is 3. The molecule has 0 heterocycles. The second-order valence-electron chi connectivity index (χ2n) is 7.43. The molecule has 3 rings (SSSR count). The van der Waals surface area contributed by atoms with E-state index in [2.05, 4.69) is 5.32 Å². The Bertz CT molecular complexity index is 995. The number of hydrogen-bond donors (Lipinski definition) is 1. The van der Waals surface area contributed by atoms with Crippen LogP contribution in [0.3, 0.4) is 0 Å². The molecule has 0 radical (unpaired) electrons. The van der Waals surface area contributed by atoms with Gasteiger partial charge < -0.3 is 19.5 Å². The number of nitrogens with one attached hydrogen (secondary N) is 1. The van der Waals surface area contributed by atoms with Crippen molar-refractivity contribution >= 4 is 11.9 Å². The molecule has 0 bridgehead atoms. The van der Waals surface area contributed by atoms with Gasteiger partial charge in [0.15, 0.2) is 18.1 Å². The van der Waals surface area contributed by atoms with Gasteiger partial charge in [0.2, 0.25) is 0 Å². The van der Waals surface area contributed by atoms with Crippen LogP contribution < -0.4 is 14.8 Å². The number of amides is 1. The molecule has 0 atom stereocenters. The second-order valence-corrected chi connectivity index (χ2v) is 7.43. The molecule has 0 spiro atoms. The predicted molar refractivity (Wildman–Crippen MR) is 122 cm³/mol. The molecule has 32 heavy (non-hydrogen) atoms. The Kier molecular flexibility index (Phi) is 7.86. The molecule has 6 heteroatoms. The Morgan fingerprint density at radius 3 is 1.97 bits per heavy atom. The number of hydrogen-bond acceptors (Lipinski definition) is 5. The molecule has 1 amide bonds. The van der Waals surface area contributed by atoms with Crippen LogP contribution in [0.25, 0.3) is 0 Å². The van der Waals surface area contributed by atoms with E-state index in [4.69, 9.17) is 14.2 Å². The van der Waals surface area contributed by atoms with Crippen molar-refractivity contribution in [1.29, 1.82) is 0 Å². The van der Waals surface area contributed by atoms with Crippen LogP contribution in [0.5, 0.6) is 11.5 Å². The van der Waals surface area contributed by atoms with Gasteiger partial charge in [0, 0.05) is 0 Å². The predicted octanol–water partition coefficient (Wildman–Crippen LogP) is 4.55. The van der Waals surface area contributed by atoms with Crippen molar-refractivity contribution in [2.24, 2.45) is 0 Å². The highest BCUT2D eigenvalue weighted by molar-refractivity contribution is 5.92. The van der Waals surface area contributed by atoms with E-state index in [0.29, 0.717) is 11.5 Å². The molecule has 0 aliphatic carbocycles. The van der Waals surface area contributed by atoms with Crippen LogP contribution in [-0.4, -0.2) is 31.7 Å². The molecule has 6 nitrogen and oxygen atoms in total. The van der Waals surface area contributed by atoms with E-state index in [-0.39, 0.29) is 17.7 Å². The van der Waals surface area contributed by atoms with Crippen molar-refractivity contribution in [3.8, 4) is 11.5 Å². The Hall–Kier alpha value is -3.80. The van der Waals surface area contributed by atoms with Crippen molar-refractivity contribution in [1.82, 2.24) is 5.32 Å². The first-order valence-corrected chi connectivity index (χ1v) is 10.4. The summed E-state index contributed by atoms with van der Waals surface area (Å²) in [6, 6.07) is 23.7. The number of methoxy groups -OCH3 is 1. The van der Waals surface area contributed by atoms with Gasteiger partial charge in [-0.15, -0.1) is 0 Å². The summed E-state index contributed by atoms with van der Waals surface area (Å²) >= 11 is 0. The van der Waals surface area contributed by atoms with Gasteiger partial charge in [-0.3, -0.25) is 4.79 Å². The van der Waals surface area contributed by atoms with Crippen molar-refractivity contribution in [3.63, 3.8) is 0 Å². The molecule has 3 aromatic carbocycles. The minimum Gasteiger partial charge on any atom is -0.493 e. The van der Waals surface area contributed by atoms with Crippen molar-refractivity contribution in [3.05, 3.63) is 95.6 Å². The van der Waals surface area contributed by atoms with Crippen LogP contribution >= 0.6 is 0 Å². The third-order valence-electron chi connectivity index (χ3n) is 4.67. The summed E-state index contributed by atoms with van der Waals surface area (Å²) in [5.41, 5.74) is 2.14. The van der Waals surface area contributed by atoms with Crippen molar-refractivity contribution in [2.75, 3.05) is 13.7 Å². The van der Waals surface area contributed by atoms with Crippen molar-refractivity contribution < 1.29 is 23.8 Å². The first kappa shape index (κ1) is 22.9. The molecular weight excluding hydrogens is 406 g/mol. The van der Waals surface area contributed by atoms with Crippen LogP contribution in [0, 0.1) is 0 Å². The van der Waals surface area contributed by atoms with Crippen LogP contribution in [-0.2, 0) is 9.53 Å². The normalized spacial score (nSPS) is 10.7. The molecule has 0 aliphatic heterocycles. The van der Waals surface area contributed by atoms with Gasteiger partial charge >= 0.3 is 5.97 Å². The number of esters is 1. The largest absolute Gasteiger partial charge is 0.493 e. The molecule has 3 aromatic rings. The molecule has 0 aromatic heterocycles. The van der Waals surface area contributed by atoms with Gasteiger partial charge in [-0.25, -0.2) is 4.79 Å². The monoisotopic (exact) mass is 433 g/mol. The van der Waals surface area contributed by atoms with Crippen LogP contribution in [0.4, 0.5) is 0 Å². The van der Waals surface area contributed by atoms with E-state index in [1.54, 1.807) is 12.1 Å². The van der Waals surface area contributed by atoms with Gasteiger partial charge in [0.1, 0.15) is 0 Å². The minimum atomic E-state index is -0.620. The number of ether oxygens (including phenoxy) is 3. The maximum atomic E-state index is 12.6. The van der Waals surface area contributed by atoms with Gasteiger partial charge in [0.25, 0.3) is 5.91 Å². The average molecular weight is 434 g/mol. The number of rotatable bonds is 9. The molecule has 0 unspecified atom stereocenters. The lowest BCUT2D eigenvalue weighted by Gasteiger charge is -2.20. The number of carbonyl (C=O) groups excluding carboxylic acids is 2. The third-order valence-corrected chi connectivity index (χ3v) is 4.67. The lowest BCUT2D eigenvalue weighted by molar-refractivity contribution is -0.124. The molecule has 166 valence electrons. The van der Waals surface area contributed by atoms with E-state index in [0.717, 1.165) is 11.1 Å². The van der Waals surface area contributed by atoms with Gasteiger partial charge in [-0.2, -0.15) is 0 Å². The molecular formula is C26H27NO5. The second kappa shape index (κ2) is 11.0. The van der Waals surface area contributed by atoms with E-state index < -0.39 is 18.5 Å². The first-order valence-electron chi connectivity index (χ1n) is 10.4. The fourth-order valence-corrected chi connectivity index (χ4v) is 3.21. The highest BCUT2D eigenvalue weighted by atomic mass is 16.5. The molecule has 0 aliphatic rings. The van der Waals surface area contributed by atoms with Gasteiger partial charge in [-0.05, 0) is 43.2 Å². The quantitative estimate of drug-likeness (QED) is 0.502. The van der Waals surface area contributed by atoms with E-state index in [1.807, 2.05) is 74.5 Å². The summed E-state index contributed by atoms with van der Waals surface area (Å²) < 4.78 is 16.2. The SMILES string of the molecule is COc1cc(C(=O)OCC(=O)NC(c2ccccc2)c2ccccc2)ccc1OC(C)C. The van der Waals surface area contributed by atoms with E-state index in [1.165, 1.54) is 13.2 Å². The topological polar surface area (TPSA) is 73.9 Å². The highest BCUT2D eigenvalue weighted by Gasteiger charge is 2.19. The highest BCUT2D eigenvalue weighted by Crippen LogP contribution is 2.29. The Labute approximate surface area is 188 Å². The Morgan fingerprint density at radius 2 is 1.44 bits per heavy atom. The minimum absolute atomic E-state index is 0.0347. The fraction of sp³-hybridized carbons (Fsp3) is 0.231. The Morgan fingerprint density at radius 1 is 0.844 bits per heavy atom. The summed E-state index contributed by atoms with van der Waals surface area (Å²) in [5.74, 6) is -0.0653. The standard InChI is InChI=1S/C26H27NO5/c1-18(2)32-22-15-14-21(16-23(22)30-3)26(29)31-17-24(28)27-25(19-10-6-4-7-11-19)20-12-8-5-9-13-20/h4-16,18,25H,17H2,1-3H3,(H,27,28). The maximum absolute atomic E-state index is 12.6. The van der Waals surface area contributed by atoms with Crippen molar-refractivity contribution in [2.45, 2.75) is 26.0 Å². The summed E-state index contributed by atoms with van der Waals surface area (Å²) in [5, 5.41) is 2.95. The smallest absolute Gasteiger partial charge is 0.338 e. The van der Waals surface area contributed by atoms with Gasteiger partial charge in [0.05, 0.1) is 24.8 Å². The zero-order valence-electron chi connectivity index (χ0n) is 18.4. The van der Waals surface area contributed by atoms with E-state index >= 15 is 0 Å². The van der Waals surface area contributed by atoms with E-state index in [9.17, 15) is 9.59 Å². The summed E-state index contributed by atoms with van der Waals surface area (Å²) in [6.07, 6.45) is -0.0347. The van der Waals surface area contributed by atoms with Crippen LogP contribution in [0.1, 0.15) is 41.4 Å². The zero-order valence-corrected chi connectivity index (χ0v) is 18.4. The van der Waals surface area contributed by atoms with Gasteiger partial charge in [-0.1, -0.05) is 60.7 Å². The molecule has 1 N–H and O–H groups in total. The summed E-state index contributed by atoms with van der Waals surface area (Å²) in [7, 11) is 1.50. The average Bonchev–Trinajstić information content (AvgIpc) is 2.82. The molecule has 0 saturated carbocycles. The first-order chi connectivity index (χ1) is 15.5.